The highest BCUT2D eigenvalue weighted by Crippen LogP contribution is 2.34. The van der Waals surface area contributed by atoms with Crippen LogP contribution in [0.1, 0.15) is 0 Å². The zero-order chi connectivity index (χ0) is 18.2. The van der Waals surface area contributed by atoms with Gasteiger partial charge in [-0.2, -0.15) is 0 Å². The van der Waals surface area contributed by atoms with E-state index in [2.05, 4.69) is 76.3 Å². The summed E-state index contributed by atoms with van der Waals surface area (Å²) in [6, 6.07) is 31.4. The average molecular weight is 350 g/mol. The first-order valence-electron chi connectivity index (χ1n) is 8.95. The third-order valence-corrected chi connectivity index (χ3v) is 4.92. The van der Waals surface area contributed by atoms with Crippen LogP contribution in [0.2, 0.25) is 0 Å². The van der Waals surface area contributed by atoms with E-state index >= 15 is 0 Å². The van der Waals surface area contributed by atoms with Crippen LogP contribution in [0.15, 0.2) is 91.0 Å². The molecule has 0 fully saturated rings. The van der Waals surface area contributed by atoms with Gasteiger partial charge in [-0.05, 0) is 36.4 Å². The number of rotatable bonds is 3. The van der Waals surface area contributed by atoms with Gasteiger partial charge in [0.1, 0.15) is 0 Å². The number of methoxy groups -OCH3 is 1. The lowest BCUT2D eigenvalue weighted by atomic mass is 10.1. The largest absolute Gasteiger partial charge is 0.481 e. The molecule has 3 heteroatoms. The summed E-state index contributed by atoms with van der Waals surface area (Å²) in [5.74, 6) is 0.624. The maximum Gasteiger partial charge on any atom is 0.213 e. The molecular weight excluding hydrogens is 332 g/mol. The first-order valence-corrected chi connectivity index (χ1v) is 8.95. The second-order valence-corrected chi connectivity index (χ2v) is 6.49. The summed E-state index contributed by atoms with van der Waals surface area (Å²) in [5, 5.41) is 2.46. The molecule has 0 N–H and O–H groups in total. The summed E-state index contributed by atoms with van der Waals surface area (Å²) >= 11 is 0. The number of nitrogens with zero attached hydrogens (tertiary/aromatic N) is 2. The molecule has 0 radical (unpaired) electrons. The van der Waals surface area contributed by atoms with Crippen molar-refractivity contribution in [2.24, 2.45) is 0 Å². The van der Waals surface area contributed by atoms with Crippen LogP contribution in [-0.2, 0) is 0 Å². The maximum absolute atomic E-state index is 5.28. The molecule has 0 saturated carbocycles. The molecule has 0 bridgehead atoms. The molecule has 0 amide bonds. The number of ether oxygens (including phenoxy) is 1. The first-order chi connectivity index (χ1) is 13.3. The van der Waals surface area contributed by atoms with Crippen LogP contribution in [0.4, 0.5) is 0 Å². The van der Waals surface area contributed by atoms with E-state index in [4.69, 9.17) is 4.74 Å². The van der Waals surface area contributed by atoms with Crippen LogP contribution in [0, 0.1) is 0 Å². The molecule has 0 aliphatic carbocycles. The number of para-hydroxylation sites is 2. The molecule has 0 spiro atoms. The molecule has 3 aromatic carbocycles. The Labute approximate surface area is 157 Å². The normalized spacial score (nSPS) is 11.1. The van der Waals surface area contributed by atoms with E-state index in [1.54, 1.807) is 7.11 Å². The lowest BCUT2D eigenvalue weighted by Crippen LogP contribution is -1.93. The smallest absolute Gasteiger partial charge is 0.213 e. The van der Waals surface area contributed by atoms with Gasteiger partial charge < -0.3 is 9.30 Å². The Morgan fingerprint density at radius 1 is 0.704 bits per heavy atom. The Morgan fingerprint density at radius 2 is 1.48 bits per heavy atom. The average Bonchev–Trinajstić information content (AvgIpc) is 3.08. The summed E-state index contributed by atoms with van der Waals surface area (Å²) in [5.41, 5.74) is 5.55. The van der Waals surface area contributed by atoms with Gasteiger partial charge in [-0.3, -0.25) is 0 Å². The second kappa shape index (κ2) is 6.29. The molecule has 0 atom stereocenters. The molecule has 0 aliphatic rings. The minimum absolute atomic E-state index is 0.624. The summed E-state index contributed by atoms with van der Waals surface area (Å²) in [6.07, 6.45) is 0. The second-order valence-electron chi connectivity index (χ2n) is 6.49. The number of hydrogen-bond donors (Lipinski definition) is 0. The highest BCUT2D eigenvalue weighted by atomic mass is 16.5. The van der Waals surface area contributed by atoms with Crippen molar-refractivity contribution in [3.8, 4) is 22.8 Å². The Balaban J connectivity index is 1.80. The molecule has 0 saturated heterocycles. The van der Waals surface area contributed by atoms with Gasteiger partial charge in [0.2, 0.25) is 5.88 Å². The lowest BCUT2D eigenvalue weighted by molar-refractivity contribution is 0.398. The molecule has 130 valence electrons. The number of pyridine rings is 1. The summed E-state index contributed by atoms with van der Waals surface area (Å²) in [4.78, 5) is 4.58. The zero-order valence-corrected chi connectivity index (χ0v) is 15.0. The molecule has 2 aromatic heterocycles. The number of benzene rings is 3. The van der Waals surface area contributed by atoms with E-state index in [1.165, 1.54) is 21.8 Å². The van der Waals surface area contributed by atoms with E-state index in [1.807, 2.05) is 24.3 Å². The standard InChI is InChI=1S/C24H18N2O/c1-27-24-13-7-11-21(25-24)17-14-15-23-20(16-17)19-10-5-6-12-22(19)26(23)18-8-3-2-4-9-18/h2-16H,1H3. The molecule has 5 aromatic rings. The van der Waals surface area contributed by atoms with Gasteiger partial charge in [-0.1, -0.05) is 48.5 Å². The van der Waals surface area contributed by atoms with Crippen molar-refractivity contribution in [3.63, 3.8) is 0 Å². The van der Waals surface area contributed by atoms with Crippen LogP contribution >= 0.6 is 0 Å². The van der Waals surface area contributed by atoms with Crippen LogP contribution in [-0.4, -0.2) is 16.7 Å². The molecule has 27 heavy (non-hydrogen) atoms. The van der Waals surface area contributed by atoms with Crippen molar-refractivity contribution in [1.82, 2.24) is 9.55 Å². The molecule has 2 heterocycles. The van der Waals surface area contributed by atoms with E-state index in [-0.39, 0.29) is 0 Å². The van der Waals surface area contributed by atoms with Crippen LogP contribution < -0.4 is 4.74 Å². The van der Waals surface area contributed by atoms with Gasteiger partial charge in [0.15, 0.2) is 0 Å². The maximum atomic E-state index is 5.28. The number of aromatic nitrogens is 2. The summed E-state index contributed by atoms with van der Waals surface area (Å²) < 4.78 is 7.59. The van der Waals surface area contributed by atoms with Crippen LogP contribution in [0.3, 0.4) is 0 Å². The van der Waals surface area contributed by atoms with E-state index in [0.29, 0.717) is 5.88 Å². The van der Waals surface area contributed by atoms with Crippen LogP contribution in [0.5, 0.6) is 5.88 Å². The fourth-order valence-electron chi connectivity index (χ4n) is 3.68. The fraction of sp³-hybridized carbons (Fsp3) is 0.0417. The molecule has 0 unspecified atom stereocenters. The molecule has 0 aliphatic heterocycles. The summed E-state index contributed by atoms with van der Waals surface area (Å²) in [6.45, 7) is 0. The highest BCUT2D eigenvalue weighted by molar-refractivity contribution is 6.10. The van der Waals surface area contributed by atoms with Gasteiger partial charge in [-0.25, -0.2) is 4.98 Å². The number of hydrogen-bond acceptors (Lipinski definition) is 2. The van der Waals surface area contributed by atoms with Gasteiger partial charge in [-0.15, -0.1) is 0 Å². The van der Waals surface area contributed by atoms with Crippen molar-refractivity contribution < 1.29 is 4.74 Å². The third-order valence-electron chi connectivity index (χ3n) is 4.92. The van der Waals surface area contributed by atoms with Crippen molar-refractivity contribution in [1.29, 1.82) is 0 Å². The Morgan fingerprint density at radius 3 is 2.33 bits per heavy atom. The van der Waals surface area contributed by atoms with Crippen molar-refractivity contribution in [2.75, 3.05) is 7.11 Å². The molecule has 5 rings (SSSR count). The third kappa shape index (κ3) is 2.56. The lowest BCUT2D eigenvalue weighted by Gasteiger charge is -2.08. The van der Waals surface area contributed by atoms with Crippen molar-refractivity contribution >= 4 is 21.8 Å². The van der Waals surface area contributed by atoms with Gasteiger partial charge in [0, 0.05) is 28.1 Å². The minimum Gasteiger partial charge on any atom is -0.481 e. The Hall–Kier alpha value is -3.59. The quantitative estimate of drug-likeness (QED) is 0.408. The first kappa shape index (κ1) is 15.6. The Kier molecular flexibility index (Phi) is 3.65. The van der Waals surface area contributed by atoms with Crippen molar-refractivity contribution in [2.45, 2.75) is 0 Å². The minimum atomic E-state index is 0.624. The van der Waals surface area contributed by atoms with Crippen LogP contribution in [0.25, 0.3) is 38.8 Å². The SMILES string of the molecule is COc1cccc(-c2ccc3c(c2)c2ccccc2n3-c2ccccc2)n1. The fourth-order valence-corrected chi connectivity index (χ4v) is 3.68. The predicted octanol–water partition coefficient (Wildman–Crippen LogP) is 5.85. The summed E-state index contributed by atoms with van der Waals surface area (Å²) in [7, 11) is 1.64. The Bertz CT molecular complexity index is 1260. The van der Waals surface area contributed by atoms with Gasteiger partial charge >= 0.3 is 0 Å². The molecule has 3 nitrogen and oxygen atoms in total. The van der Waals surface area contributed by atoms with Gasteiger partial charge in [0.05, 0.1) is 23.8 Å². The zero-order valence-electron chi connectivity index (χ0n) is 15.0. The predicted molar refractivity (Wildman–Crippen MR) is 111 cm³/mol. The van der Waals surface area contributed by atoms with E-state index < -0.39 is 0 Å². The topological polar surface area (TPSA) is 27.1 Å². The van der Waals surface area contributed by atoms with E-state index in [9.17, 15) is 0 Å². The van der Waals surface area contributed by atoms with Crippen molar-refractivity contribution in [3.05, 3.63) is 91.0 Å². The highest BCUT2D eigenvalue weighted by Gasteiger charge is 2.13. The van der Waals surface area contributed by atoms with Gasteiger partial charge in [0.25, 0.3) is 0 Å². The van der Waals surface area contributed by atoms with E-state index in [0.717, 1.165) is 16.9 Å². The number of fused-ring (bicyclic) bond motifs is 3. The molecular formula is C24H18N2O. The monoisotopic (exact) mass is 350 g/mol.